The van der Waals surface area contributed by atoms with Gasteiger partial charge in [0.1, 0.15) is 6.04 Å². The molecule has 0 spiro atoms. The van der Waals surface area contributed by atoms with Crippen molar-refractivity contribution in [1.82, 2.24) is 10.2 Å². The van der Waals surface area contributed by atoms with Crippen LogP contribution in [-0.4, -0.2) is 43.4 Å². The third-order valence-electron chi connectivity index (χ3n) is 2.12. The molecular formula is C10H21N3O2. The molecule has 2 unspecified atom stereocenters. The van der Waals surface area contributed by atoms with Gasteiger partial charge in [0.15, 0.2) is 0 Å². The fourth-order valence-corrected chi connectivity index (χ4v) is 1.15. The van der Waals surface area contributed by atoms with Gasteiger partial charge in [-0.2, -0.15) is 0 Å². The van der Waals surface area contributed by atoms with Crippen LogP contribution in [-0.2, 0) is 9.59 Å². The van der Waals surface area contributed by atoms with Crippen LogP contribution in [0.1, 0.15) is 20.3 Å². The standard InChI is InChI=1S/C10H21N3O2/c1-7(6-11)5-9(14)12-8(2)10(15)13(3)4/h7-8H,5-6,11H2,1-4H3,(H,12,14). The quantitative estimate of drug-likeness (QED) is 0.653. The highest BCUT2D eigenvalue weighted by molar-refractivity contribution is 5.87. The van der Waals surface area contributed by atoms with E-state index in [0.717, 1.165) is 0 Å². The normalized spacial score (nSPS) is 14.2. The van der Waals surface area contributed by atoms with Crippen LogP contribution in [0.25, 0.3) is 0 Å². The van der Waals surface area contributed by atoms with Crippen LogP contribution >= 0.6 is 0 Å². The Labute approximate surface area is 91.0 Å². The predicted octanol–water partition coefficient (Wildman–Crippen LogP) is -0.436. The van der Waals surface area contributed by atoms with Gasteiger partial charge in [-0.25, -0.2) is 0 Å². The summed E-state index contributed by atoms with van der Waals surface area (Å²) in [6.07, 6.45) is 0.363. The van der Waals surface area contributed by atoms with Crippen LogP contribution in [0.15, 0.2) is 0 Å². The van der Waals surface area contributed by atoms with Crippen LogP contribution in [0.5, 0.6) is 0 Å². The molecule has 0 aromatic rings. The average molecular weight is 215 g/mol. The molecule has 88 valence electrons. The number of likely N-dealkylation sites (N-methyl/N-ethyl adjacent to an activating group) is 1. The zero-order valence-electron chi connectivity index (χ0n) is 9.91. The molecule has 0 aromatic heterocycles. The number of nitrogens with one attached hydrogen (secondary N) is 1. The first-order valence-electron chi connectivity index (χ1n) is 5.09. The topological polar surface area (TPSA) is 75.4 Å². The van der Waals surface area contributed by atoms with Gasteiger partial charge in [0.25, 0.3) is 0 Å². The number of carbonyl (C=O) groups excluding carboxylic acids is 2. The predicted molar refractivity (Wildman–Crippen MR) is 59.1 cm³/mol. The molecule has 5 heteroatoms. The van der Waals surface area contributed by atoms with Gasteiger partial charge in [0, 0.05) is 20.5 Å². The molecule has 0 aliphatic rings. The van der Waals surface area contributed by atoms with Crippen LogP contribution < -0.4 is 11.1 Å². The summed E-state index contributed by atoms with van der Waals surface area (Å²) in [6, 6.07) is -0.475. The maximum Gasteiger partial charge on any atom is 0.244 e. The highest BCUT2D eigenvalue weighted by Crippen LogP contribution is 1.99. The van der Waals surface area contributed by atoms with Gasteiger partial charge in [-0.05, 0) is 19.4 Å². The van der Waals surface area contributed by atoms with Crippen molar-refractivity contribution in [3.05, 3.63) is 0 Å². The number of rotatable bonds is 5. The zero-order chi connectivity index (χ0) is 12.0. The maximum atomic E-state index is 11.4. The van der Waals surface area contributed by atoms with E-state index in [2.05, 4.69) is 5.32 Å². The Morgan fingerprint density at radius 1 is 1.33 bits per heavy atom. The second kappa shape index (κ2) is 6.40. The Morgan fingerprint density at radius 3 is 2.27 bits per heavy atom. The van der Waals surface area contributed by atoms with Gasteiger partial charge >= 0.3 is 0 Å². The first-order valence-corrected chi connectivity index (χ1v) is 5.09. The van der Waals surface area contributed by atoms with E-state index in [-0.39, 0.29) is 17.7 Å². The minimum Gasteiger partial charge on any atom is -0.347 e. The Balaban J connectivity index is 4.02. The minimum absolute atomic E-state index is 0.108. The summed E-state index contributed by atoms with van der Waals surface area (Å²) in [5.74, 6) is -0.0916. The van der Waals surface area contributed by atoms with Crippen molar-refractivity contribution in [1.29, 1.82) is 0 Å². The second-order valence-electron chi connectivity index (χ2n) is 4.07. The molecule has 0 fully saturated rings. The SMILES string of the molecule is CC(CN)CC(=O)NC(C)C(=O)N(C)C. The smallest absolute Gasteiger partial charge is 0.244 e. The number of nitrogens with zero attached hydrogens (tertiary/aromatic N) is 1. The van der Waals surface area contributed by atoms with Crippen molar-refractivity contribution in [2.24, 2.45) is 11.7 Å². The maximum absolute atomic E-state index is 11.4. The van der Waals surface area contributed by atoms with E-state index in [1.165, 1.54) is 4.90 Å². The number of carbonyl (C=O) groups is 2. The Morgan fingerprint density at radius 2 is 1.87 bits per heavy atom. The number of amides is 2. The fraction of sp³-hybridized carbons (Fsp3) is 0.800. The fourth-order valence-electron chi connectivity index (χ4n) is 1.15. The van der Waals surface area contributed by atoms with E-state index in [9.17, 15) is 9.59 Å². The van der Waals surface area contributed by atoms with Gasteiger partial charge in [0.2, 0.25) is 11.8 Å². The molecule has 15 heavy (non-hydrogen) atoms. The average Bonchev–Trinajstić information content (AvgIpc) is 2.15. The molecule has 0 saturated heterocycles. The molecule has 2 atom stereocenters. The second-order valence-corrected chi connectivity index (χ2v) is 4.07. The molecular weight excluding hydrogens is 194 g/mol. The highest BCUT2D eigenvalue weighted by Gasteiger charge is 2.17. The largest absolute Gasteiger partial charge is 0.347 e. The third-order valence-corrected chi connectivity index (χ3v) is 2.12. The van der Waals surface area contributed by atoms with Crippen molar-refractivity contribution in [3.8, 4) is 0 Å². The summed E-state index contributed by atoms with van der Waals surface area (Å²) in [6.45, 7) is 4.05. The van der Waals surface area contributed by atoms with Crippen LogP contribution in [0, 0.1) is 5.92 Å². The monoisotopic (exact) mass is 215 g/mol. The highest BCUT2D eigenvalue weighted by atomic mass is 16.2. The van der Waals surface area contributed by atoms with Crippen LogP contribution in [0.4, 0.5) is 0 Å². The Kier molecular flexibility index (Phi) is 5.93. The first kappa shape index (κ1) is 13.9. The Bertz CT molecular complexity index is 229. The van der Waals surface area contributed by atoms with Crippen molar-refractivity contribution < 1.29 is 9.59 Å². The van der Waals surface area contributed by atoms with Crippen molar-refractivity contribution in [2.45, 2.75) is 26.3 Å². The lowest BCUT2D eigenvalue weighted by atomic mass is 10.1. The lowest BCUT2D eigenvalue weighted by Gasteiger charge is -2.18. The molecule has 0 bridgehead atoms. The lowest BCUT2D eigenvalue weighted by molar-refractivity contribution is -0.134. The number of hydrogen-bond acceptors (Lipinski definition) is 3. The van der Waals surface area contributed by atoms with Gasteiger partial charge < -0.3 is 16.0 Å². The summed E-state index contributed by atoms with van der Waals surface area (Å²) >= 11 is 0. The molecule has 0 aromatic carbocycles. The van der Waals surface area contributed by atoms with E-state index in [4.69, 9.17) is 5.73 Å². The zero-order valence-corrected chi connectivity index (χ0v) is 9.91. The summed E-state index contributed by atoms with van der Waals surface area (Å²) in [5, 5.41) is 2.64. The van der Waals surface area contributed by atoms with Crippen molar-refractivity contribution in [2.75, 3.05) is 20.6 Å². The van der Waals surface area contributed by atoms with E-state index < -0.39 is 6.04 Å². The molecule has 3 N–H and O–H groups in total. The molecule has 0 heterocycles. The lowest BCUT2D eigenvalue weighted by Crippen LogP contribution is -2.44. The van der Waals surface area contributed by atoms with Gasteiger partial charge in [-0.3, -0.25) is 9.59 Å². The summed E-state index contributed by atoms with van der Waals surface area (Å²) in [4.78, 5) is 24.3. The van der Waals surface area contributed by atoms with E-state index >= 15 is 0 Å². The summed E-state index contributed by atoms with van der Waals surface area (Å²) in [5.41, 5.74) is 5.40. The molecule has 0 aliphatic carbocycles. The first-order chi connectivity index (χ1) is 6.88. The molecule has 0 aliphatic heterocycles. The van der Waals surface area contributed by atoms with Crippen molar-refractivity contribution in [3.63, 3.8) is 0 Å². The molecule has 0 rings (SSSR count). The van der Waals surface area contributed by atoms with E-state index in [1.54, 1.807) is 21.0 Å². The Hall–Kier alpha value is -1.10. The molecule has 0 saturated carbocycles. The van der Waals surface area contributed by atoms with Crippen molar-refractivity contribution >= 4 is 11.8 Å². The summed E-state index contributed by atoms with van der Waals surface area (Å²) < 4.78 is 0. The van der Waals surface area contributed by atoms with Crippen LogP contribution in [0.2, 0.25) is 0 Å². The number of hydrogen-bond donors (Lipinski definition) is 2. The minimum atomic E-state index is -0.475. The van der Waals surface area contributed by atoms with Gasteiger partial charge in [-0.15, -0.1) is 0 Å². The third kappa shape index (κ3) is 5.37. The van der Waals surface area contributed by atoms with Gasteiger partial charge in [-0.1, -0.05) is 6.92 Å². The summed E-state index contributed by atoms with van der Waals surface area (Å²) in [7, 11) is 3.32. The molecule has 5 nitrogen and oxygen atoms in total. The molecule has 0 radical (unpaired) electrons. The van der Waals surface area contributed by atoms with Gasteiger partial charge in [0.05, 0.1) is 0 Å². The van der Waals surface area contributed by atoms with E-state index in [0.29, 0.717) is 13.0 Å². The number of nitrogens with two attached hydrogens (primary N) is 1. The van der Waals surface area contributed by atoms with E-state index in [1.807, 2.05) is 6.92 Å². The molecule has 2 amide bonds. The van der Waals surface area contributed by atoms with Crippen LogP contribution in [0.3, 0.4) is 0 Å².